The second kappa shape index (κ2) is 7.82. The van der Waals surface area contributed by atoms with Gasteiger partial charge in [0.05, 0.1) is 36.0 Å². The summed E-state index contributed by atoms with van der Waals surface area (Å²) in [6, 6.07) is 11.7. The SMILES string of the molecule is CC.N#Cc1ccnc(-c2cnc(N3CC4(COC4)c4ccc(S)cc43)nc2)c1. The molecule has 1 aromatic carbocycles. The van der Waals surface area contributed by atoms with Gasteiger partial charge >= 0.3 is 0 Å². The lowest BCUT2D eigenvalue weighted by Crippen LogP contribution is -2.49. The molecule has 2 aliphatic rings. The summed E-state index contributed by atoms with van der Waals surface area (Å²) in [5, 5.41) is 9.06. The number of aromatic nitrogens is 3. The van der Waals surface area contributed by atoms with Crippen molar-refractivity contribution in [3.8, 4) is 17.3 Å². The second-order valence-electron chi connectivity index (χ2n) is 6.87. The summed E-state index contributed by atoms with van der Waals surface area (Å²) < 4.78 is 5.51. The number of benzene rings is 1. The van der Waals surface area contributed by atoms with Crippen molar-refractivity contribution >= 4 is 24.3 Å². The van der Waals surface area contributed by atoms with Crippen molar-refractivity contribution in [1.82, 2.24) is 15.0 Å². The van der Waals surface area contributed by atoms with E-state index in [4.69, 9.17) is 10.00 Å². The summed E-state index contributed by atoms with van der Waals surface area (Å²) in [6.45, 7) is 6.22. The van der Waals surface area contributed by atoms with Crippen LogP contribution in [0.3, 0.4) is 0 Å². The molecule has 2 aliphatic heterocycles. The lowest BCUT2D eigenvalue weighted by Gasteiger charge is -2.38. The van der Waals surface area contributed by atoms with Gasteiger partial charge in [-0.3, -0.25) is 4.98 Å². The van der Waals surface area contributed by atoms with Crippen LogP contribution in [0.25, 0.3) is 11.3 Å². The fraction of sp³-hybridized carbons (Fsp3) is 0.273. The van der Waals surface area contributed by atoms with Gasteiger partial charge in [-0.05, 0) is 29.8 Å². The van der Waals surface area contributed by atoms with Gasteiger partial charge in [-0.1, -0.05) is 19.9 Å². The number of ether oxygens (including phenoxy) is 1. The molecule has 6 nitrogen and oxygen atoms in total. The van der Waals surface area contributed by atoms with Gasteiger partial charge in [0, 0.05) is 41.3 Å². The van der Waals surface area contributed by atoms with E-state index >= 15 is 0 Å². The largest absolute Gasteiger partial charge is 0.379 e. The summed E-state index contributed by atoms with van der Waals surface area (Å²) in [7, 11) is 0. The van der Waals surface area contributed by atoms with E-state index in [0.717, 1.165) is 22.7 Å². The van der Waals surface area contributed by atoms with Crippen LogP contribution < -0.4 is 4.90 Å². The molecule has 5 rings (SSSR count). The maximum Gasteiger partial charge on any atom is 0.229 e. The highest BCUT2D eigenvalue weighted by Gasteiger charge is 2.49. The molecule has 0 atom stereocenters. The van der Waals surface area contributed by atoms with Crippen LogP contribution in [-0.2, 0) is 10.2 Å². The molecule has 0 aliphatic carbocycles. The zero-order valence-electron chi connectivity index (χ0n) is 16.3. The normalized spacial score (nSPS) is 15.7. The number of anilines is 2. The van der Waals surface area contributed by atoms with Crippen LogP contribution in [0.5, 0.6) is 0 Å². The van der Waals surface area contributed by atoms with Crippen LogP contribution in [0.15, 0.2) is 53.8 Å². The van der Waals surface area contributed by atoms with Crippen molar-refractivity contribution in [2.75, 3.05) is 24.7 Å². The van der Waals surface area contributed by atoms with Crippen molar-refractivity contribution in [1.29, 1.82) is 5.26 Å². The van der Waals surface area contributed by atoms with Gasteiger partial charge in [0.2, 0.25) is 5.95 Å². The van der Waals surface area contributed by atoms with Crippen LogP contribution in [0.4, 0.5) is 11.6 Å². The van der Waals surface area contributed by atoms with E-state index in [2.05, 4.69) is 50.7 Å². The quantitative estimate of drug-likeness (QED) is 0.648. The monoisotopic (exact) mass is 403 g/mol. The number of rotatable bonds is 2. The zero-order chi connectivity index (χ0) is 20.4. The van der Waals surface area contributed by atoms with E-state index in [1.165, 1.54) is 5.56 Å². The molecule has 0 saturated carbocycles. The maximum absolute atomic E-state index is 9.06. The predicted octanol–water partition coefficient (Wildman–Crippen LogP) is 4.14. The Morgan fingerprint density at radius 2 is 1.86 bits per heavy atom. The molecule has 7 heteroatoms. The summed E-state index contributed by atoms with van der Waals surface area (Å²) >= 11 is 4.49. The zero-order valence-corrected chi connectivity index (χ0v) is 17.2. The molecule has 0 radical (unpaired) electrons. The third kappa shape index (κ3) is 3.35. The molecule has 3 aromatic rings. The second-order valence-corrected chi connectivity index (χ2v) is 7.39. The van der Waals surface area contributed by atoms with Gasteiger partial charge in [0.15, 0.2) is 0 Å². The number of nitrogens with zero attached hydrogens (tertiary/aromatic N) is 5. The lowest BCUT2D eigenvalue weighted by molar-refractivity contribution is -0.0507. The number of thiol groups is 1. The average Bonchev–Trinajstić information content (AvgIpc) is 3.10. The van der Waals surface area contributed by atoms with Crippen LogP contribution in [0, 0.1) is 11.3 Å². The molecule has 1 saturated heterocycles. The summed E-state index contributed by atoms with van der Waals surface area (Å²) in [5.41, 5.74) is 4.39. The first kappa shape index (κ1) is 19.4. The van der Waals surface area contributed by atoms with E-state index in [1.54, 1.807) is 30.7 Å². The minimum absolute atomic E-state index is 0.0154. The fourth-order valence-electron chi connectivity index (χ4n) is 3.69. The minimum Gasteiger partial charge on any atom is -0.379 e. The highest BCUT2D eigenvalue weighted by atomic mass is 32.1. The molecule has 0 amide bonds. The molecular weight excluding hydrogens is 382 g/mol. The fourth-order valence-corrected chi connectivity index (χ4v) is 3.89. The lowest BCUT2D eigenvalue weighted by atomic mass is 9.81. The Hall–Kier alpha value is -2.95. The van der Waals surface area contributed by atoms with Crippen LogP contribution in [0.1, 0.15) is 25.0 Å². The van der Waals surface area contributed by atoms with Gasteiger partial charge in [-0.2, -0.15) is 5.26 Å². The molecule has 29 heavy (non-hydrogen) atoms. The van der Waals surface area contributed by atoms with Gasteiger partial charge in [-0.25, -0.2) is 9.97 Å². The maximum atomic E-state index is 9.06. The number of hydrogen-bond donors (Lipinski definition) is 1. The average molecular weight is 404 g/mol. The third-order valence-electron chi connectivity index (χ3n) is 5.13. The standard InChI is InChI=1S/C20H15N5OS.C2H6/c21-7-13-3-4-22-17(5-13)14-8-23-19(24-9-14)25-10-20(11-26-12-20)16-2-1-15(27)6-18(16)25;1-2/h1-6,8-9,27H,10-12H2;1-2H3. The summed E-state index contributed by atoms with van der Waals surface area (Å²) in [6.07, 6.45) is 5.11. The first-order chi connectivity index (χ1) is 14.2. The highest BCUT2D eigenvalue weighted by Crippen LogP contribution is 2.48. The molecule has 2 aromatic heterocycles. The van der Waals surface area contributed by atoms with Crippen LogP contribution >= 0.6 is 12.6 Å². The molecule has 0 unspecified atom stereocenters. The summed E-state index contributed by atoms with van der Waals surface area (Å²) in [5.74, 6) is 0.638. The Kier molecular flexibility index (Phi) is 5.22. The third-order valence-corrected chi connectivity index (χ3v) is 5.40. The van der Waals surface area contributed by atoms with Gasteiger partial charge in [0.25, 0.3) is 0 Å². The first-order valence-electron chi connectivity index (χ1n) is 9.56. The highest BCUT2D eigenvalue weighted by molar-refractivity contribution is 7.80. The smallest absolute Gasteiger partial charge is 0.229 e. The van der Waals surface area contributed by atoms with E-state index < -0.39 is 0 Å². The Morgan fingerprint density at radius 1 is 1.10 bits per heavy atom. The topological polar surface area (TPSA) is 74.9 Å². The number of hydrogen-bond acceptors (Lipinski definition) is 7. The number of nitriles is 1. The van der Waals surface area contributed by atoms with Crippen molar-refractivity contribution in [3.05, 3.63) is 60.0 Å². The number of fused-ring (bicyclic) bond motifs is 2. The first-order valence-corrected chi connectivity index (χ1v) is 10.0. The van der Waals surface area contributed by atoms with Gasteiger partial charge < -0.3 is 9.64 Å². The summed E-state index contributed by atoms with van der Waals surface area (Å²) in [4.78, 5) is 16.5. The van der Waals surface area contributed by atoms with E-state index in [-0.39, 0.29) is 5.41 Å². The molecule has 1 fully saturated rings. The van der Waals surface area contributed by atoms with Gasteiger partial charge in [0.1, 0.15) is 0 Å². The van der Waals surface area contributed by atoms with Crippen molar-refractivity contribution in [2.45, 2.75) is 24.2 Å². The Labute approximate surface area is 175 Å². The molecule has 146 valence electrons. The van der Waals surface area contributed by atoms with E-state index in [1.807, 2.05) is 19.9 Å². The van der Waals surface area contributed by atoms with Crippen LogP contribution in [0.2, 0.25) is 0 Å². The predicted molar refractivity (Wildman–Crippen MR) is 115 cm³/mol. The molecule has 0 N–H and O–H groups in total. The molecule has 1 spiro atoms. The Balaban J connectivity index is 0.000000994. The van der Waals surface area contributed by atoms with Crippen LogP contribution in [-0.4, -0.2) is 34.7 Å². The molecule has 4 heterocycles. The Morgan fingerprint density at radius 3 is 2.52 bits per heavy atom. The Bertz CT molecular complexity index is 1070. The molecular formula is C22H21N5OS. The van der Waals surface area contributed by atoms with Crippen molar-refractivity contribution in [2.24, 2.45) is 0 Å². The van der Waals surface area contributed by atoms with E-state index in [9.17, 15) is 0 Å². The number of pyridine rings is 1. The van der Waals surface area contributed by atoms with Crippen molar-refractivity contribution in [3.63, 3.8) is 0 Å². The van der Waals surface area contributed by atoms with Crippen molar-refractivity contribution < 1.29 is 4.74 Å². The van der Waals surface area contributed by atoms with E-state index in [0.29, 0.717) is 30.4 Å². The molecule has 0 bridgehead atoms. The van der Waals surface area contributed by atoms with Gasteiger partial charge in [-0.15, -0.1) is 12.6 Å². The minimum atomic E-state index is 0.0154.